The number of hydrogen-bond acceptors (Lipinski definition) is 2. The summed E-state index contributed by atoms with van der Waals surface area (Å²) in [6.45, 7) is 5.18. The fraction of sp³-hybridized carbons (Fsp3) is 0.923. The van der Waals surface area contributed by atoms with E-state index in [2.05, 4.69) is 29.6 Å². The molecule has 4 heteroatoms. The van der Waals surface area contributed by atoms with Crippen LogP contribution in [-0.4, -0.2) is 18.5 Å². The van der Waals surface area contributed by atoms with Crippen molar-refractivity contribution in [3.63, 3.8) is 0 Å². The Morgan fingerprint density at radius 1 is 1.29 bits per heavy atom. The fourth-order valence-corrected chi connectivity index (χ4v) is 2.62. The lowest BCUT2D eigenvalue weighted by molar-refractivity contribution is 0.282. The van der Waals surface area contributed by atoms with Gasteiger partial charge in [-0.25, -0.2) is 5.84 Å². The fourth-order valence-electron chi connectivity index (χ4n) is 2.62. The summed E-state index contributed by atoms with van der Waals surface area (Å²) in [5, 5.41) is 3.47. The first-order chi connectivity index (χ1) is 8.31. The van der Waals surface area contributed by atoms with Gasteiger partial charge < -0.3 is 5.32 Å². The first kappa shape index (κ1) is 14.3. The van der Waals surface area contributed by atoms with Gasteiger partial charge in [-0.15, -0.1) is 0 Å². The molecule has 1 unspecified atom stereocenters. The van der Waals surface area contributed by atoms with Gasteiger partial charge in [0.15, 0.2) is 0 Å². The van der Waals surface area contributed by atoms with Crippen LogP contribution >= 0.6 is 0 Å². The number of nitrogens with two attached hydrogens (primary N) is 1. The highest BCUT2D eigenvalue weighted by Gasteiger charge is 2.22. The maximum Gasteiger partial charge on any atom is 0.205 e. The number of rotatable bonds is 5. The van der Waals surface area contributed by atoms with Gasteiger partial charge >= 0.3 is 0 Å². The van der Waals surface area contributed by atoms with Crippen LogP contribution in [0.25, 0.3) is 0 Å². The zero-order valence-corrected chi connectivity index (χ0v) is 11.3. The van der Waals surface area contributed by atoms with Crippen molar-refractivity contribution < 1.29 is 0 Å². The molecule has 1 aliphatic rings. The summed E-state index contributed by atoms with van der Waals surface area (Å²) in [7, 11) is 0. The minimum atomic E-state index is 0.516. The average molecular weight is 240 g/mol. The van der Waals surface area contributed by atoms with Crippen molar-refractivity contribution in [3.05, 3.63) is 0 Å². The van der Waals surface area contributed by atoms with E-state index in [9.17, 15) is 0 Å². The Hall–Kier alpha value is -0.770. The van der Waals surface area contributed by atoms with Crippen molar-refractivity contribution in [2.24, 2.45) is 16.8 Å². The molecule has 0 heterocycles. The van der Waals surface area contributed by atoms with Gasteiger partial charge in [0, 0.05) is 12.6 Å². The predicted octanol–water partition coefficient (Wildman–Crippen LogP) is 2.16. The van der Waals surface area contributed by atoms with Crippen molar-refractivity contribution in [3.8, 4) is 0 Å². The molecule has 0 bridgehead atoms. The lowest BCUT2D eigenvalue weighted by Crippen LogP contribution is -2.49. The Kier molecular flexibility index (Phi) is 7.01. The largest absolute Gasteiger partial charge is 0.352 e. The van der Waals surface area contributed by atoms with Crippen LogP contribution in [0.1, 0.15) is 58.8 Å². The Morgan fingerprint density at radius 3 is 2.53 bits per heavy atom. The van der Waals surface area contributed by atoms with E-state index in [4.69, 9.17) is 5.84 Å². The van der Waals surface area contributed by atoms with Crippen LogP contribution in [0, 0.1) is 5.92 Å². The Bertz CT molecular complexity index is 221. The number of guanidine groups is 1. The highest BCUT2D eigenvalue weighted by Crippen LogP contribution is 2.27. The van der Waals surface area contributed by atoms with Gasteiger partial charge in [0.05, 0.1) is 0 Å². The maximum absolute atomic E-state index is 5.50. The summed E-state index contributed by atoms with van der Waals surface area (Å²) < 4.78 is 0. The Balaban J connectivity index is 2.48. The molecule has 1 fully saturated rings. The van der Waals surface area contributed by atoms with E-state index in [0.29, 0.717) is 6.04 Å². The standard InChI is InChI=1S/C13H28N4/c1-3-10-15-13(17-14)16-12(4-2)11-8-6-5-7-9-11/h11-12H,3-10,14H2,1-2H3,(H2,15,16,17). The van der Waals surface area contributed by atoms with Crippen molar-refractivity contribution in [2.75, 3.05) is 6.54 Å². The number of nitrogens with one attached hydrogen (secondary N) is 2. The molecule has 4 N–H and O–H groups in total. The molecule has 100 valence electrons. The number of hydrazine groups is 1. The second-order valence-corrected chi connectivity index (χ2v) is 4.93. The molecule has 1 atom stereocenters. The zero-order valence-electron chi connectivity index (χ0n) is 11.3. The van der Waals surface area contributed by atoms with Crippen molar-refractivity contribution in [1.82, 2.24) is 10.7 Å². The second kappa shape index (κ2) is 8.34. The van der Waals surface area contributed by atoms with Gasteiger partial charge in [-0.3, -0.25) is 10.4 Å². The second-order valence-electron chi connectivity index (χ2n) is 4.93. The first-order valence-corrected chi connectivity index (χ1v) is 7.09. The van der Waals surface area contributed by atoms with Crippen LogP contribution in [0.2, 0.25) is 0 Å². The lowest BCUT2D eigenvalue weighted by atomic mass is 9.83. The molecule has 0 saturated heterocycles. The van der Waals surface area contributed by atoms with Crippen LogP contribution in [-0.2, 0) is 0 Å². The maximum atomic E-state index is 5.50. The van der Waals surface area contributed by atoms with E-state index >= 15 is 0 Å². The molecule has 0 aromatic rings. The summed E-state index contributed by atoms with van der Waals surface area (Å²) in [4.78, 5) is 4.41. The quantitative estimate of drug-likeness (QED) is 0.299. The van der Waals surface area contributed by atoms with Gasteiger partial charge in [-0.05, 0) is 31.6 Å². The van der Waals surface area contributed by atoms with E-state index in [1.54, 1.807) is 0 Å². The van der Waals surface area contributed by atoms with Crippen LogP contribution in [0.5, 0.6) is 0 Å². The first-order valence-electron chi connectivity index (χ1n) is 7.09. The molecule has 0 aromatic heterocycles. The van der Waals surface area contributed by atoms with Crippen LogP contribution in [0.4, 0.5) is 0 Å². The van der Waals surface area contributed by atoms with E-state index in [1.165, 1.54) is 32.1 Å². The minimum Gasteiger partial charge on any atom is -0.352 e. The number of nitrogens with zero attached hydrogens (tertiary/aromatic N) is 1. The number of aliphatic imine (C=N–C) groups is 1. The van der Waals surface area contributed by atoms with Crippen molar-refractivity contribution >= 4 is 5.96 Å². The van der Waals surface area contributed by atoms with E-state index in [-0.39, 0.29) is 0 Å². The third-order valence-electron chi connectivity index (χ3n) is 3.61. The molecule has 1 saturated carbocycles. The molecule has 0 amide bonds. The van der Waals surface area contributed by atoms with Gasteiger partial charge in [-0.1, -0.05) is 33.1 Å². The summed E-state index contributed by atoms with van der Waals surface area (Å²) in [6.07, 6.45) is 9.03. The Morgan fingerprint density at radius 2 is 2.00 bits per heavy atom. The molecule has 0 spiro atoms. The topological polar surface area (TPSA) is 62.4 Å². The molecule has 0 radical (unpaired) electrons. The van der Waals surface area contributed by atoms with E-state index in [0.717, 1.165) is 31.3 Å². The van der Waals surface area contributed by atoms with Crippen molar-refractivity contribution in [1.29, 1.82) is 0 Å². The normalized spacial score (nSPS) is 20.1. The highest BCUT2D eigenvalue weighted by molar-refractivity contribution is 5.79. The van der Waals surface area contributed by atoms with Crippen LogP contribution in [0.15, 0.2) is 4.99 Å². The highest BCUT2D eigenvalue weighted by atomic mass is 15.3. The lowest BCUT2D eigenvalue weighted by Gasteiger charge is -2.31. The third-order valence-corrected chi connectivity index (χ3v) is 3.61. The monoisotopic (exact) mass is 240 g/mol. The molecular weight excluding hydrogens is 212 g/mol. The van der Waals surface area contributed by atoms with Gasteiger partial charge in [0.2, 0.25) is 5.96 Å². The van der Waals surface area contributed by atoms with Crippen LogP contribution in [0.3, 0.4) is 0 Å². The molecule has 1 rings (SSSR count). The average Bonchev–Trinajstić information content (AvgIpc) is 2.40. The minimum absolute atomic E-state index is 0.516. The summed E-state index contributed by atoms with van der Waals surface area (Å²) >= 11 is 0. The summed E-state index contributed by atoms with van der Waals surface area (Å²) in [5.74, 6) is 7.04. The smallest absolute Gasteiger partial charge is 0.205 e. The van der Waals surface area contributed by atoms with Crippen molar-refractivity contribution in [2.45, 2.75) is 64.8 Å². The molecule has 4 nitrogen and oxygen atoms in total. The summed E-state index contributed by atoms with van der Waals surface area (Å²) in [5.41, 5.74) is 2.68. The van der Waals surface area contributed by atoms with E-state index in [1.807, 2.05) is 0 Å². The third kappa shape index (κ3) is 4.94. The Labute approximate surface area is 105 Å². The van der Waals surface area contributed by atoms with Crippen LogP contribution < -0.4 is 16.6 Å². The number of hydrogen-bond donors (Lipinski definition) is 3. The molecule has 17 heavy (non-hydrogen) atoms. The molecular formula is C13H28N4. The van der Waals surface area contributed by atoms with Gasteiger partial charge in [0.1, 0.15) is 0 Å². The predicted molar refractivity (Wildman–Crippen MR) is 73.7 cm³/mol. The molecule has 0 aliphatic heterocycles. The van der Waals surface area contributed by atoms with E-state index < -0.39 is 0 Å². The van der Waals surface area contributed by atoms with Gasteiger partial charge in [0.25, 0.3) is 0 Å². The SMILES string of the molecule is CCCN=C(NN)NC(CC)C1CCCCC1. The zero-order chi connectivity index (χ0) is 12.5. The summed E-state index contributed by atoms with van der Waals surface area (Å²) in [6, 6.07) is 0.516. The van der Waals surface area contributed by atoms with Gasteiger partial charge in [-0.2, -0.15) is 0 Å². The molecule has 0 aromatic carbocycles. The molecule has 1 aliphatic carbocycles.